The van der Waals surface area contributed by atoms with Gasteiger partial charge < -0.3 is 15.8 Å². The number of hydrogen-bond acceptors (Lipinski definition) is 3. The number of amidine groups is 1. The first-order chi connectivity index (χ1) is 9.54. The van der Waals surface area contributed by atoms with Crippen LogP contribution in [0, 0.1) is 19.8 Å². The van der Waals surface area contributed by atoms with E-state index in [0.29, 0.717) is 6.54 Å². The number of hydrogen-bond donors (Lipinski definition) is 2. The van der Waals surface area contributed by atoms with Crippen molar-refractivity contribution in [1.29, 1.82) is 0 Å². The van der Waals surface area contributed by atoms with Gasteiger partial charge in [-0.2, -0.15) is 0 Å². The maximum atomic E-state index is 12.7. The van der Waals surface area contributed by atoms with E-state index in [-0.39, 0.29) is 17.7 Å². The third kappa shape index (κ3) is 2.76. The number of piperidine rings is 1. The molecule has 0 spiro atoms. The molecule has 3 N–H and O–H groups in total. The van der Waals surface area contributed by atoms with Crippen molar-refractivity contribution < 1.29 is 10.0 Å². The van der Waals surface area contributed by atoms with E-state index in [9.17, 15) is 4.79 Å². The standard InChI is InChI=1S/C15H21N3O2/c1-10-5-3-6-11(2)13(10)15(19)18-8-4-7-12(9-18)14(16)17-20/h3,5-6,12,20H,4,7-9H2,1-2H3,(H2,16,17). The van der Waals surface area contributed by atoms with Gasteiger partial charge in [0.15, 0.2) is 0 Å². The highest BCUT2D eigenvalue weighted by Gasteiger charge is 2.28. The fourth-order valence-corrected chi connectivity index (χ4v) is 2.79. The maximum absolute atomic E-state index is 12.7. The highest BCUT2D eigenvalue weighted by atomic mass is 16.4. The minimum Gasteiger partial charge on any atom is -0.409 e. The zero-order valence-electron chi connectivity index (χ0n) is 12.0. The Labute approximate surface area is 119 Å². The summed E-state index contributed by atoms with van der Waals surface area (Å²) in [6, 6.07) is 5.85. The molecule has 0 aromatic heterocycles. The maximum Gasteiger partial charge on any atom is 0.254 e. The van der Waals surface area contributed by atoms with Gasteiger partial charge >= 0.3 is 0 Å². The molecule has 0 aliphatic carbocycles. The normalized spacial score (nSPS) is 20.0. The lowest BCUT2D eigenvalue weighted by Gasteiger charge is -2.32. The number of aryl methyl sites for hydroxylation is 2. The predicted molar refractivity (Wildman–Crippen MR) is 78.0 cm³/mol. The van der Waals surface area contributed by atoms with Gasteiger partial charge in [0.1, 0.15) is 5.84 Å². The molecule has 1 aliphatic rings. The van der Waals surface area contributed by atoms with Gasteiger partial charge in [0.05, 0.1) is 0 Å². The number of carbonyl (C=O) groups is 1. The molecule has 20 heavy (non-hydrogen) atoms. The van der Waals surface area contributed by atoms with Crippen LogP contribution in [0.5, 0.6) is 0 Å². The predicted octanol–water partition coefficient (Wildman–Crippen LogP) is 1.90. The molecule has 1 atom stereocenters. The van der Waals surface area contributed by atoms with E-state index in [2.05, 4.69) is 5.16 Å². The van der Waals surface area contributed by atoms with E-state index in [1.54, 1.807) is 0 Å². The lowest BCUT2D eigenvalue weighted by Crippen LogP contribution is -2.44. The van der Waals surface area contributed by atoms with Crippen LogP contribution < -0.4 is 5.73 Å². The Hall–Kier alpha value is -2.04. The Balaban J connectivity index is 2.21. The summed E-state index contributed by atoms with van der Waals surface area (Å²) in [4.78, 5) is 14.5. The minimum atomic E-state index is -0.0537. The summed E-state index contributed by atoms with van der Waals surface area (Å²) >= 11 is 0. The number of oxime groups is 1. The number of nitrogens with two attached hydrogens (primary N) is 1. The number of benzene rings is 1. The molecule has 1 aliphatic heterocycles. The van der Waals surface area contributed by atoms with Gasteiger partial charge in [-0.1, -0.05) is 23.4 Å². The molecule has 1 heterocycles. The second kappa shape index (κ2) is 5.94. The molecular weight excluding hydrogens is 254 g/mol. The van der Waals surface area contributed by atoms with Crippen LogP contribution in [0.1, 0.15) is 34.3 Å². The Kier molecular flexibility index (Phi) is 4.27. The molecule has 0 saturated carbocycles. The molecular formula is C15H21N3O2. The Bertz CT molecular complexity index is 520. The van der Waals surface area contributed by atoms with Gasteiger partial charge in [-0.3, -0.25) is 4.79 Å². The number of amides is 1. The number of rotatable bonds is 2. The molecule has 5 heteroatoms. The van der Waals surface area contributed by atoms with Crippen molar-refractivity contribution in [3.63, 3.8) is 0 Å². The van der Waals surface area contributed by atoms with Crippen LogP contribution in [0.15, 0.2) is 23.4 Å². The third-order valence-electron chi connectivity index (χ3n) is 3.94. The molecule has 1 amide bonds. The zero-order chi connectivity index (χ0) is 14.7. The number of likely N-dealkylation sites (tertiary alicyclic amines) is 1. The SMILES string of the molecule is Cc1cccc(C)c1C(=O)N1CCCC(/C(N)=N/O)C1. The second-order valence-corrected chi connectivity index (χ2v) is 5.38. The van der Waals surface area contributed by atoms with Gasteiger partial charge in [-0.15, -0.1) is 0 Å². The molecule has 1 aromatic carbocycles. The molecule has 1 aromatic rings. The molecule has 1 saturated heterocycles. The summed E-state index contributed by atoms with van der Waals surface area (Å²) in [5.74, 6) is 0.196. The van der Waals surface area contributed by atoms with E-state index in [1.165, 1.54) is 0 Å². The first-order valence-electron chi connectivity index (χ1n) is 6.87. The van der Waals surface area contributed by atoms with Crippen LogP contribution >= 0.6 is 0 Å². The fourth-order valence-electron chi connectivity index (χ4n) is 2.79. The van der Waals surface area contributed by atoms with Crippen molar-refractivity contribution in [2.45, 2.75) is 26.7 Å². The van der Waals surface area contributed by atoms with Gasteiger partial charge in [0.25, 0.3) is 5.91 Å². The van der Waals surface area contributed by atoms with E-state index in [4.69, 9.17) is 10.9 Å². The van der Waals surface area contributed by atoms with Crippen molar-refractivity contribution in [2.24, 2.45) is 16.8 Å². The zero-order valence-corrected chi connectivity index (χ0v) is 12.0. The van der Waals surface area contributed by atoms with Crippen LogP contribution in [-0.2, 0) is 0 Å². The summed E-state index contributed by atoms with van der Waals surface area (Å²) < 4.78 is 0. The molecule has 108 valence electrons. The van der Waals surface area contributed by atoms with Crippen molar-refractivity contribution >= 4 is 11.7 Å². The summed E-state index contributed by atoms with van der Waals surface area (Å²) in [6.07, 6.45) is 1.73. The van der Waals surface area contributed by atoms with Crippen molar-refractivity contribution in [3.05, 3.63) is 34.9 Å². The minimum absolute atomic E-state index is 0.0380. The first kappa shape index (κ1) is 14.4. The van der Waals surface area contributed by atoms with Crippen LogP contribution in [0.4, 0.5) is 0 Å². The largest absolute Gasteiger partial charge is 0.409 e. The molecule has 1 fully saturated rings. The van der Waals surface area contributed by atoms with Crippen LogP contribution in [-0.4, -0.2) is 34.9 Å². The second-order valence-electron chi connectivity index (χ2n) is 5.38. The molecule has 1 unspecified atom stereocenters. The molecule has 0 radical (unpaired) electrons. The smallest absolute Gasteiger partial charge is 0.254 e. The topological polar surface area (TPSA) is 78.9 Å². The van der Waals surface area contributed by atoms with E-state index in [1.807, 2.05) is 36.9 Å². The van der Waals surface area contributed by atoms with E-state index in [0.717, 1.165) is 36.1 Å². The lowest BCUT2D eigenvalue weighted by atomic mass is 9.95. The summed E-state index contributed by atoms with van der Waals surface area (Å²) in [5.41, 5.74) is 8.42. The average molecular weight is 275 g/mol. The van der Waals surface area contributed by atoms with Crippen LogP contribution in [0.2, 0.25) is 0 Å². The number of nitrogens with zero attached hydrogens (tertiary/aromatic N) is 2. The van der Waals surface area contributed by atoms with Gasteiger partial charge in [0, 0.05) is 24.6 Å². The lowest BCUT2D eigenvalue weighted by molar-refractivity contribution is 0.0700. The van der Waals surface area contributed by atoms with Gasteiger partial charge in [-0.05, 0) is 37.8 Å². The van der Waals surface area contributed by atoms with Crippen molar-refractivity contribution in [1.82, 2.24) is 4.90 Å². The third-order valence-corrected chi connectivity index (χ3v) is 3.94. The summed E-state index contributed by atoms with van der Waals surface area (Å²) in [5, 5.41) is 11.8. The molecule has 5 nitrogen and oxygen atoms in total. The van der Waals surface area contributed by atoms with Crippen LogP contribution in [0.25, 0.3) is 0 Å². The molecule has 2 rings (SSSR count). The average Bonchev–Trinajstić information content (AvgIpc) is 2.46. The Morgan fingerprint density at radius 1 is 1.40 bits per heavy atom. The van der Waals surface area contributed by atoms with Crippen molar-refractivity contribution in [3.8, 4) is 0 Å². The summed E-state index contributed by atoms with van der Waals surface area (Å²) in [7, 11) is 0. The highest BCUT2D eigenvalue weighted by molar-refractivity contribution is 5.97. The van der Waals surface area contributed by atoms with Gasteiger partial charge in [-0.25, -0.2) is 0 Å². The number of carbonyl (C=O) groups excluding carboxylic acids is 1. The van der Waals surface area contributed by atoms with E-state index >= 15 is 0 Å². The monoisotopic (exact) mass is 275 g/mol. The highest BCUT2D eigenvalue weighted by Crippen LogP contribution is 2.21. The van der Waals surface area contributed by atoms with Crippen molar-refractivity contribution in [2.75, 3.05) is 13.1 Å². The first-order valence-corrected chi connectivity index (χ1v) is 6.87. The Morgan fingerprint density at radius 2 is 2.05 bits per heavy atom. The van der Waals surface area contributed by atoms with E-state index < -0.39 is 0 Å². The Morgan fingerprint density at radius 3 is 2.65 bits per heavy atom. The quantitative estimate of drug-likeness (QED) is 0.374. The van der Waals surface area contributed by atoms with Gasteiger partial charge in [0.2, 0.25) is 0 Å². The summed E-state index contributed by atoms with van der Waals surface area (Å²) in [6.45, 7) is 5.14. The molecule has 0 bridgehead atoms. The fraction of sp³-hybridized carbons (Fsp3) is 0.467. The van der Waals surface area contributed by atoms with Crippen LogP contribution in [0.3, 0.4) is 0 Å².